The van der Waals surface area contributed by atoms with Gasteiger partial charge in [-0.15, -0.1) is 21.8 Å². The number of benzene rings is 1. The maximum absolute atomic E-state index is 5.58. The van der Waals surface area contributed by atoms with Crippen molar-refractivity contribution in [3.8, 4) is 5.75 Å². The average molecular weight is 253 g/mol. The van der Waals surface area contributed by atoms with E-state index in [1.54, 1.807) is 0 Å². The second-order valence-electron chi connectivity index (χ2n) is 3.63. The molecule has 17 heavy (non-hydrogen) atoms. The summed E-state index contributed by atoms with van der Waals surface area (Å²) in [5, 5.41) is 7.73. The molecular formula is C12H13ClN2O2. The molecule has 90 valence electrons. The summed E-state index contributed by atoms with van der Waals surface area (Å²) in [7, 11) is 0. The van der Waals surface area contributed by atoms with Crippen molar-refractivity contribution in [2.24, 2.45) is 0 Å². The molecule has 0 bridgehead atoms. The van der Waals surface area contributed by atoms with Crippen LogP contribution < -0.4 is 4.74 Å². The Morgan fingerprint density at radius 3 is 2.88 bits per heavy atom. The molecule has 5 heteroatoms. The zero-order chi connectivity index (χ0) is 12.1. The highest BCUT2D eigenvalue weighted by Gasteiger charge is 2.06. The molecule has 0 aliphatic carbocycles. The molecule has 0 unspecified atom stereocenters. The van der Waals surface area contributed by atoms with Crippen LogP contribution in [0.1, 0.15) is 17.3 Å². The number of nitrogens with zero attached hydrogens (tertiary/aromatic N) is 2. The van der Waals surface area contributed by atoms with E-state index >= 15 is 0 Å². The van der Waals surface area contributed by atoms with E-state index in [4.69, 9.17) is 20.8 Å². The van der Waals surface area contributed by atoms with Crippen LogP contribution in [0.15, 0.2) is 28.7 Å². The van der Waals surface area contributed by atoms with Crippen molar-refractivity contribution < 1.29 is 9.15 Å². The third kappa shape index (κ3) is 3.46. The van der Waals surface area contributed by atoms with Crippen molar-refractivity contribution in [1.29, 1.82) is 0 Å². The molecule has 2 aromatic rings. The Hall–Kier alpha value is -1.55. The highest BCUT2D eigenvalue weighted by Crippen LogP contribution is 2.14. The Labute approximate surface area is 105 Å². The summed E-state index contributed by atoms with van der Waals surface area (Å²) in [4.78, 5) is 0. The van der Waals surface area contributed by atoms with Crippen LogP contribution in [0.4, 0.5) is 0 Å². The predicted octanol–water partition coefficient (Wildman–Crippen LogP) is 2.74. The molecule has 0 aliphatic rings. The Morgan fingerprint density at radius 1 is 1.29 bits per heavy atom. The molecule has 1 aromatic carbocycles. The van der Waals surface area contributed by atoms with E-state index in [0.29, 0.717) is 24.1 Å². The highest BCUT2D eigenvalue weighted by atomic mass is 35.5. The van der Waals surface area contributed by atoms with Crippen LogP contribution >= 0.6 is 11.6 Å². The van der Waals surface area contributed by atoms with Gasteiger partial charge in [-0.25, -0.2) is 0 Å². The summed E-state index contributed by atoms with van der Waals surface area (Å²) in [6.45, 7) is 2.29. The Kier molecular flexibility index (Phi) is 3.98. The van der Waals surface area contributed by atoms with Crippen molar-refractivity contribution in [1.82, 2.24) is 10.2 Å². The van der Waals surface area contributed by atoms with Crippen molar-refractivity contribution in [3.05, 3.63) is 41.6 Å². The largest absolute Gasteiger partial charge is 0.484 e. The highest BCUT2D eigenvalue weighted by molar-refractivity contribution is 6.17. The molecule has 0 atom stereocenters. The van der Waals surface area contributed by atoms with Crippen LogP contribution in [0.2, 0.25) is 0 Å². The predicted molar refractivity (Wildman–Crippen MR) is 64.2 cm³/mol. The number of halogens is 1. The summed E-state index contributed by atoms with van der Waals surface area (Å²) in [5.41, 5.74) is 1.15. The molecule has 0 saturated carbocycles. The third-order valence-electron chi connectivity index (χ3n) is 2.17. The Balaban J connectivity index is 1.93. The zero-order valence-electron chi connectivity index (χ0n) is 9.52. The lowest BCUT2D eigenvalue weighted by Gasteiger charge is -2.03. The number of alkyl halides is 1. The van der Waals surface area contributed by atoms with Crippen molar-refractivity contribution in [3.63, 3.8) is 0 Å². The molecular weight excluding hydrogens is 240 g/mol. The minimum atomic E-state index is 0.277. The van der Waals surface area contributed by atoms with Crippen molar-refractivity contribution >= 4 is 11.6 Å². The van der Waals surface area contributed by atoms with Crippen molar-refractivity contribution in [2.45, 2.75) is 20.0 Å². The van der Waals surface area contributed by atoms with Crippen LogP contribution in [-0.2, 0) is 13.0 Å². The van der Waals surface area contributed by atoms with Crippen LogP contribution in [-0.4, -0.2) is 16.1 Å². The monoisotopic (exact) mass is 252 g/mol. The molecule has 0 N–H and O–H groups in total. The summed E-state index contributed by atoms with van der Waals surface area (Å²) < 4.78 is 10.9. The van der Waals surface area contributed by atoms with Crippen LogP contribution in [0, 0.1) is 6.92 Å². The molecule has 4 nitrogen and oxygen atoms in total. The topological polar surface area (TPSA) is 48.2 Å². The molecule has 2 rings (SSSR count). The molecule has 0 spiro atoms. The second kappa shape index (κ2) is 5.68. The lowest BCUT2D eigenvalue weighted by Crippen LogP contribution is -1.95. The third-order valence-corrected chi connectivity index (χ3v) is 2.36. The van der Waals surface area contributed by atoms with Gasteiger partial charge in [-0.2, -0.15) is 0 Å². The maximum Gasteiger partial charge on any atom is 0.253 e. The number of hydrogen-bond donors (Lipinski definition) is 0. The van der Waals surface area contributed by atoms with Gasteiger partial charge >= 0.3 is 0 Å². The van der Waals surface area contributed by atoms with Crippen LogP contribution in [0.25, 0.3) is 0 Å². The van der Waals surface area contributed by atoms with E-state index in [1.165, 1.54) is 0 Å². The molecule has 0 aliphatic heterocycles. The Morgan fingerprint density at radius 2 is 2.12 bits per heavy atom. The van der Waals surface area contributed by atoms with E-state index < -0.39 is 0 Å². The normalized spacial score (nSPS) is 10.5. The van der Waals surface area contributed by atoms with Crippen LogP contribution in [0.3, 0.4) is 0 Å². The zero-order valence-corrected chi connectivity index (χ0v) is 10.3. The van der Waals surface area contributed by atoms with Gasteiger partial charge in [0.2, 0.25) is 5.89 Å². The van der Waals surface area contributed by atoms with Gasteiger partial charge in [0.15, 0.2) is 6.61 Å². The minimum absolute atomic E-state index is 0.277. The molecule has 1 aromatic heterocycles. The fourth-order valence-corrected chi connectivity index (χ4v) is 1.54. The van der Waals surface area contributed by atoms with Gasteiger partial charge in [0, 0.05) is 12.3 Å². The molecule has 0 amide bonds. The van der Waals surface area contributed by atoms with Gasteiger partial charge in [-0.3, -0.25) is 0 Å². The molecule has 0 radical (unpaired) electrons. The minimum Gasteiger partial charge on any atom is -0.484 e. The average Bonchev–Trinajstić information content (AvgIpc) is 2.75. The lowest BCUT2D eigenvalue weighted by molar-refractivity contribution is 0.259. The van der Waals surface area contributed by atoms with E-state index in [1.807, 2.05) is 31.2 Å². The van der Waals surface area contributed by atoms with E-state index in [0.717, 1.165) is 11.3 Å². The van der Waals surface area contributed by atoms with E-state index in [2.05, 4.69) is 10.2 Å². The summed E-state index contributed by atoms with van der Waals surface area (Å²) >= 11 is 5.58. The number of hydrogen-bond acceptors (Lipinski definition) is 4. The first kappa shape index (κ1) is 11.9. The first-order valence-electron chi connectivity index (χ1n) is 5.34. The smallest absolute Gasteiger partial charge is 0.253 e. The number of rotatable bonds is 5. The fourth-order valence-electron chi connectivity index (χ4n) is 1.38. The van der Waals surface area contributed by atoms with E-state index in [9.17, 15) is 0 Å². The van der Waals surface area contributed by atoms with Gasteiger partial charge in [0.1, 0.15) is 5.75 Å². The number of aryl methyl sites for hydroxylation is 2. The standard InChI is InChI=1S/C12H13ClN2O2/c1-9-3-2-4-10(7-9)16-8-12-15-14-11(17-12)5-6-13/h2-4,7H,5-6,8H2,1H3. The number of ether oxygens (including phenoxy) is 1. The van der Waals surface area contributed by atoms with Gasteiger partial charge in [0.05, 0.1) is 0 Å². The van der Waals surface area contributed by atoms with Crippen LogP contribution in [0.5, 0.6) is 5.75 Å². The molecule has 1 heterocycles. The quantitative estimate of drug-likeness (QED) is 0.768. The van der Waals surface area contributed by atoms with Gasteiger partial charge in [-0.05, 0) is 24.6 Å². The summed E-state index contributed by atoms with van der Waals surface area (Å²) in [6.07, 6.45) is 0.582. The molecule has 0 saturated heterocycles. The summed E-state index contributed by atoms with van der Waals surface area (Å²) in [5.74, 6) is 2.27. The lowest BCUT2D eigenvalue weighted by atomic mass is 10.2. The SMILES string of the molecule is Cc1cccc(OCc2nnc(CCCl)o2)c1. The van der Waals surface area contributed by atoms with Gasteiger partial charge in [0.25, 0.3) is 5.89 Å². The van der Waals surface area contributed by atoms with Gasteiger partial charge in [-0.1, -0.05) is 12.1 Å². The fraction of sp³-hybridized carbons (Fsp3) is 0.333. The second-order valence-corrected chi connectivity index (χ2v) is 4.01. The van der Waals surface area contributed by atoms with Crippen molar-refractivity contribution in [2.75, 3.05) is 5.88 Å². The van der Waals surface area contributed by atoms with E-state index in [-0.39, 0.29) is 6.61 Å². The maximum atomic E-state index is 5.58. The first-order chi connectivity index (χ1) is 8.28. The molecule has 0 fully saturated rings. The first-order valence-corrected chi connectivity index (χ1v) is 5.88. The van der Waals surface area contributed by atoms with Gasteiger partial charge < -0.3 is 9.15 Å². The number of aromatic nitrogens is 2. The summed E-state index contributed by atoms with van der Waals surface area (Å²) in [6, 6.07) is 7.80. The Bertz CT molecular complexity index is 485.